The minimum Gasteiger partial charge on any atom is -0.433 e. The van der Waals surface area contributed by atoms with E-state index in [2.05, 4.69) is 4.74 Å². The van der Waals surface area contributed by atoms with Gasteiger partial charge in [0.15, 0.2) is 5.75 Å². The predicted molar refractivity (Wildman–Crippen MR) is 41.9 cm³/mol. The molecule has 12 heavy (non-hydrogen) atoms. The molecule has 0 atom stereocenters. The maximum Gasteiger partial charge on any atom is 0.387 e. The van der Waals surface area contributed by atoms with Gasteiger partial charge in [0.2, 0.25) is 0 Å². The van der Waals surface area contributed by atoms with Gasteiger partial charge >= 0.3 is 6.61 Å². The van der Waals surface area contributed by atoms with Crippen LogP contribution < -0.4 is 16.2 Å². The summed E-state index contributed by atoms with van der Waals surface area (Å²) >= 11 is 0. The largest absolute Gasteiger partial charge is 0.433 e. The van der Waals surface area contributed by atoms with Crippen LogP contribution in [0.3, 0.4) is 0 Å². The highest BCUT2D eigenvalue weighted by Gasteiger charge is 2.07. The fourth-order valence-corrected chi connectivity index (χ4v) is 0.749. The second-order valence-corrected chi connectivity index (χ2v) is 2.18. The molecular formula is C7H8F2N2O. The van der Waals surface area contributed by atoms with E-state index in [9.17, 15) is 8.78 Å². The summed E-state index contributed by atoms with van der Waals surface area (Å²) in [4.78, 5) is 0. The Labute approximate surface area is 67.9 Å². The summed E-state index contributed by atoms with van der Waals surface area (Å²) in [5, 5.41) is 0. The molecule has 0 saturated carbocycles. The summed E-state index contributed by atoms with van der Waals surface area (Å²) in [5.41, 5.74) is 11.1. The van der Waals surface area contributed by atoms with E-state index in [-0.39, 0.29) is 11.4 Å². The molecule has 0 amide bonds. The van der Waals surface area contributed by atoms with Gasteiger partial charge in [-0.1, -0.05) is 0 Å². The van der Waals surface area contributed by atoms with Gasteiger partial charge in [-0.15, -0.1) is 0 Å². The Hall–Kier alpha value is -1.52. The average molecular weight is 174 g/mol. The zero-order chi connectivity index (χ0) is 9.14. The molecule has 0 saturated heterocycles. The molecule has 0 aliphatic carbocycles. The molecule has 3 nitrogen and oxygen atoms in total. The van der Waals surface area contributed by atoms with Crippen molar-refractivity contribution in [3.63, 3.8) is 0 Å². The van der Waals surface area contributed by atoms with Crippen LogP contribution in [0.15, 0.2) is 18.2 Å². The summed E-state index contributed by atoms with van der Waals surface area (Å²) in [6.07, 6.45) is 0. The lowest BCUT2D eigenvalue weighted by molar-refractivity contribution is -0.0492. The first-order valence-electron chi connectivity index (χ1n) is 3.19. The van der Waals surface area contributed by atoms with Crippen LogP contribution in [0.5, 0.6) is 5.75 Å². The molecule has 0 aromatic heterocycles. The highest BCUT2D eigenvalue weighted by Crippen LogP contribution is 2.25. The van der Waals surface area contributed by atoms with Gasteiger partial charge in [0.05, 0.1) is 5.69 Å². The second-order valence-electron chi connectivity index (χ2n) is 2.18. The van der Waals surface area contributed by atoms with Crippen molar-refractivity contribution in [2.75, 3.05) is 11.5 Å². The smallest absolute Gasteiger partial charge is 0.387 e. The van der Waals surface area contributed by atoms with Crippen LogP contribution in [0.4, 0.5) is 20.2 Å². The zero-order valence-electron chi connectivity index (χ0n) is 6.13. The van der Waals surface area contributed by atoms with Crippen LogP contribution in [0.2, 0.25) is 0 Å². The molecule has 1 rings (SSSR count). The molecule has 5 heteroatoms. The van der Waals surface area contributed by atoms with Gasteiger partial charge in [0.1, 0.15) is 0 Å². The van der Waals surface area contributed by atoms with Crippen LogP contribution in [0.25, 0.3) is 0 Å². The van der Waals surface area contributed by atoms with E-state index in [1.165, 1.54) is 18.2 Å². The van der Waals surface area contributed by atoms with E-state index < -0.39 is 6.61 Å². The van der Waals surface area contributed by atoms with E-state index in [0.29, 0.717) is 5.69 Å². The molecule has 4 N–H and O–H groups in total. The molecule has 0 unspecified atom stereocenters. The third kappa shape index (κ3) is 1.98. The fraction of sp³-hybridized carbons (Fsp3) is 0.143. The van der Waals surface area contributed by atoms with Gasteiger partial charge in [-0.05, 0) is 12.1 Å². The lowest BCUT2D eigenvalue weighted by atomic mass is 10.3. The summed E-state index contributed by atoms with van der Waals surface area (Å²) in [5.74, 6) is -0.0926. The first-order valence-corrected chi connectivity index (χ1v) is 3.19. The Balaban J connectivity index is 2.90. The number of hydrogen-bond acceptors (Lipinski definition) is 3. The third-order valence-corrected chi connectivity index (χ3v) is 1.25. The lowest BCUT2D eigenvalue weighted by Crippen LogP contribution is -2.04. The van der Waals surface area contributed by atoms with Crippen LogP contribution in [-0.4, -0.2) is 6.61 Å². The van der Waals surface area contributed by atoms with Crippen molar-refractivity contribution >= 4 is 11.4 Å². The molecular weight excluding hydrogens is 166 g/mol. The third-order valence-electron chi connectivity index (χ3n) is 1.25. The maximum atomic E-state index is 11.7. The van der Waals surface area contributed by atoms with Crippen molar-refractivity contribution in [3.05, 3.63) is 18.2 Å². The van der Waals surface area contributed by atoms with E-state index >= 15 is 0 Å². The van der Waals surface area contributed by atoms with Crippen LogP contribution in [0.1, 0.15) is 0 Å². The quantitative estimate of drug-likeness (QED) is 0.667. The molecule has 66 valence electrons. The number of nitrogens with two attached hydrogens (primary N) is 2. The normalized spacial score (nSPS) is 10.2. The average Bonchev–Trinajstić information content (AvgIpc) is 1.96. The standard InChI is InChI=1S/C7H8F2N2O/c8-7(9)12-6-3-4(10)1-2-5(6)11/h1-3,7H,10-11H2. The van der Waals surface area contributed by atoms with Gasteiger partial charge in [-0.25, -0.2) is 0 Å². The first-order chi connectivity index (χ1) is 5.59. The minimum absolute atomic E-state index is 0.0926. The Morgan fingerprint density at radius 2 is 1.92 bits per heavy atom. The molecule has 0 radical (unpaired) electrons. The topological polar surface area (TPSA) is 61.3 Å². The predicted octanol–water partition coefficient (Wildman–Crippen LogP) is 1.45. The van der Waals surface area contributed by atoms with Crippen molar-refractivity contribution in [1.82, 2.24) is 0 Å². The van der Waals surface area contributed by atoms with E-state index in [4.69, 9.17) is 11.5 Å². The van der Waals surface area contributed by atoms with Gasteiger partial charge in [0, 0.05) is 11.8 Å². The molecule has 1 aromatic rings. The van der Waals surface area contributed by atoms with E-state index in [1.807, 2.05) is 0 Å². The SMILES string of the molecule is Nc1ccc(N)c(OC(F)F)c1. The summed E-state index contributed by atoms with van der Waals surface area (Å²) in [7, 11) is 0. The summed E-state index contributed by atoms with van der Waals surface area (Å²) in [6.45, 7) is -2.88. The fourth-order valence-electron chi connectivity index (χ4n) is 0.749. The van der Waals surface area contributed by atoms with E-state index in [1.54, 1.807) is 0 Å². The van der Waals surface area contributed by atoms with Crippen LogP contribution in [0, 0.1) is 0 Å². The van der Waals surface area contributed by atoms with Gasteiger partial charge in [0.25, 0.3) is 0 Å². The van der Waals surface area contributed by atoms with Gasteiger partial charge in [-0.3, -0.25) is 0 Å². The number of ether oxygens (including phenoxy) is 1. The molecule has 0 aliphatic rings. The molecule has 0 spiro atoms. The Kier molecular flexibility index (Phi) is 2.32. The molecule has 1 aromatic carbocycles. The summed E-state index contributed by atoms with van der Waals surface area (Å²) in [6, 6.07) is 4.17. The van der Waals surface area contributed by atoms with Crippen LogP contribution in [-0.2, 0) is 0 Å². The van der Waals surface area contributed by atoms with Crippen molar-refractivity contribution in [1.29, 1.82) is 0 Å². The Morgan fingerprint density at radius 1 is 1.25 bits per heavy atom. The number of benzene rings is 1. The Morgan fingerprint density at radius 3 is 2.50 bits per heavy atom. The highest BCUT2D eigenvalue weighted by molar-refractivity contribution is 5.59. The number of halogens is 2. The lowest BCUT2D eigenvalue weighted by Gasteiger charge is -2.07. The monoisotopic (exact) mass is 174 g/mol. The van der Waals surface area contributed by atoms with Crippen molar-refractivity contribution in [2.24, 2.45) is 0 Å². The second kappa shape index (κ2) is 3.25. The molecule has 0 heterocycles. The summed E-state index contributed by atoms with van der Waals surface area (Å²) < 4.78 is 27.5. The van der Waals surface area contributed by atoms with Crippen molar-refractivity contribution in [2.45, 2.75) is 6.61 Å². The first kappa shape index (κ1) is 8.58. The number of rotatable bonds is 2. The highest BCUT2D eigenvalue weighted by atomic mass is 19.3. The molecule has 0 bridgehead atoms. The number of hydrogen-bond donors (Lipinski definition) is 2. The van der Waals surface area contributed by atoms with E-state index in [0.717, 1.165) is 0 Å². The van der Waals surface area contributed by atoms with Gasteiger partial charge in [-0.2, -0.15) is 8.78 Å². The maximum absolute atomic E-state index is 11.7. The molecule has 0 fully saturated rings. The molecule has 0 aliphatic heterocycles. The van der Waals surface area contributed by atoms with Crippen molar-refractivity contribution < 1.29 is 13.5 Å². The van der Waals surface area contributed by atoms with Crippen molar-refractivity contribution in [3.8, 4) is 5.75 Å². The number of anilines is 2. The minimum atomic E-state index is -2.88. The number of nitrogen functional groups attached to an aromatic ring is 2. The number of alkyl halides is 2. The zero-order valence-corrected chi connectivity index (χ0v) is 6.13. The Bertz CT molecular complexity index is 278. The van der Waals surface area contributed by atoms with Gasteiger partial charge < -0.3 is 16.2 Å². The van der Waals surface area contributed by atoms with Crippen LogP contribution >= 0.6 is 0 Å².